The molecule has 2 aromatic rings. The highest BCUT2D eigenvalue weighted by molar-refractivity contribution is 6.30. The second-order valence-electron chi connectivity index (χ2n) is 5.14. The Balaban J connectivity index is 1.71. The fraction of sp³-hybridized carbons (Fsp3) is 0.188. The molecule has 1 saturated heterocycles. The Labute approximate surface area is 137 Å². The van der Waals surface area contributed by atoms with Crippen LogP contribution in [0, 0.1) is 5.82 Å². The number of rotatable bonds is 3. The summed E-state index contributed by atoms with van der Waals surface area (Å²) in [5.74, 6) is -1.19. The van der Waals surface area contributed by atoms with Gasteiger partial charge < -0.3 is 10.2 Å². The Morgan fingerprint density at radius 3 is 2.74 bits per heavy atom. The highest BCUT2D eigenvalue weighted by atomic mass is 35.5. The first-order valence-corrected chi connectivity index (χ1v) is 7.41. The van der Waals surface area contributed by atoms with Crippen LogP contribution >= 0.6 is 11.6 Å². The lowest BCUT2D eigenvalue weighted by molar-refractivity contribution is -0.118. The molecule has 1 aliphatic heterocycles. The molecule has 23 heavy (non-hydrogen) atoms. The van der Waals surface area contributed by atoms with E-state index in [4.69, 9.17) is 11.6 Å². The molecule has 1 aliphatic rings. The topological polar surface area (TPSA) is 62.3 Å². The van der Waals surface area contributed by atoms with Crippen molar-refractivity contribution in [3.63, 3.8) is 0 Å². The molecule has 7 heteroatoms. The van der Waals surface area contributed by atoms with Gasteiger partial charge in [0.15, 0.2) is 0 Å². The SMILES string of the molecule is O=C(N[C@H]1CCN(c2ccc(Cl)c(F)c2)C1=O)c1ccncc1. The van der Waals surface area contributed by atoms with E-state index in [1.807, 2.05) is 0 Å². The van der Waals surface area contributed by atoms with E-state index in [2.05, 4.69) is 10.3 Å². The van der Waals surface area contributed by atoms with Gasteiger partial charge in [-0.05, 0) is 36.8 Å². The summed E-state index contributed by atoms with van der Waals surface area (Å²) in [6.45, 7) is 0.404. The fourth-order valence-corrected chi connectivity index (χ4v) is 2.59. The van der Waals surface area contributed by atoms with Crippen molar-refractivity contribution in [3.05, 3.63) is 59.1 Å². The molecule has 1 atom stereocenters. The lowest BCUT2D eigenvalue weighted by Crippen LogP contribution is -2.41. The van der Waals surface area contributed by atoms with Crippen molar-refractivity contribution in [2.24, 2.45) is 0 Å². The quantitative estimate of drug-likeness (QED) is 0.938. The van der Waals surface area contributed by atoms with Gasteiger partial charge in [-0.2, -0.15) is 0 Å². The Kier molecular flexibility index (Phi) is 4.25. The Hall–Kier alpha value is -2.47. The number of nitrogens with zero attached hydrogens (tertiary/aromatic N) is 2. The van der Waals surface area contributed by atoms with E-state index in [0.717, 1.165) is 0 Å². The van der Waals surface area contributed by atoms with Crippen LogP contribution in [0.25, 0.3) is 0 Å². The summed E-state index contributed by atoms with van der Waals surface area (Å²) in [7, 11) is 0. The van der Waals surface area contributed by atoms with Gasteiger partial charge in [0.2, 0.25) is 5.91 Å². The Morgan fingerprint density at radius 1 is 1.30 bits per heavy atom. The third-order valence-electron chi connectivity index (χ3n) is 3.67. The number of carbonyl (C=O) groups excluding carboxylic acids is 2. The molecule has 1 N–H and O–H groups in total. The minimum atomic E-state index is -0.630. The zero-order chi connectivity index (χ0) is 16.4. The van der Waals surface area contributed by atoms with Gasteiger partial charge in [0.25, 0.3) is 5.91 Å². The largest absolute Gasteiger partial charge is 0.340 e. The van der Waals surface area contributed by atoms with Crippen LogP contribution in [0.3, 0.4) is 0 Å². The van der Waals surface area contributed by atoms with Crippen LogP contribution < -0.4 is 10.2 Å². The number of pyridine rings is 1. The minimum Gasteiger partial charge on any atom is -0.340 e. The van der Waals surface area contributed by atoms with Crippen molar-refractivity contribution in [2.75, 3.05) is 11.4 Å². The molecule has 3 rings (SSSR count). The molecule has 0 spiro atoms. The van der Waals surface area contributed by atoms with E-state index < -0.39 is 11.9 Å². The number of hydrogen-bond donors (Lipinski definition) is 1. The van der Waals surface area contributed by atoms with Crippen molar-refractivity contribution in [1.82, 2.24) is 10.3 Å². The molecular weight excluding hydrogens is 321 g/mol. The highest BCUT2D eigenvalue weighted by Crippen LogP contribution is 2.25. The first-order valence-electron chi connectivity index (χ1n) is 7.03. The zero-order valence-corrected chi connectivity index (χ0v) is 12.8. The van der Waals surface area contributed by atoms with E-state index in [9.17, 15) is 14.0 Å². The van der Waals surface area contributed by atoms with Crippen LogP contribution in [-0.4, -0.2) is 29.4 Å². The van der Waals surface area contributed by atoms with Gasteiger partial charge in [0.05, 0.1) is 5.02 Å². The van der Waals surface area contributed by atoms with E-state index in [-0.39, 0.29) is 16.8 Å². The number of anilines is 1. The smallest absolute Gasteiger partial charge is 0.252 e. The molecule has 1 aromatic heterocycles. The summed E-state index contributed by atoms with van der Waals surface area (Å²) in [5, 5.41) is 2.70. The number of amides is 2. The predicted molar refractivity (Wildman–Crippen MR) is 83.9 cm³/mol. The third kappa shape index (κ3) is 3.17. The van der Waals surface area contributed by atoms with E-state index in [0.29, 0.717) is 24.2 Å². The van der Waals surface area contributed by atoms with E-state index in [1.165, 1.54) is 29.4 Å². The molecule has 0 unspecified atom stereocenters. The summed E-state index contributed by atoms with van der Waals surface area (Å²) in [5.41, 5.74) is 0.862. The molecule has 1 fully saturated rings. The van der Waals surface area contributed by atoms with Crippen molar-refractivity contribution < 1.29 is 14.0 Å². The average Bonchev–Trinajstić information content (AvgIpc) is 2.92. The number of benzene rings is 1. The maximum absolute atomic E-state index is 13.5. The Morgan fingerprint density at radius 2 is 2.04 bits per heavy atom. The maximum Gasteiger partial charge on any atom is 0.252 e. The van der Waals surface area contributed by atoms with Gasteiger partial charge in [0.1, 0.15) is 11.9 Å². The second kappa shape index (κ2) is 6.34. The number of hydrogen-bond acceptors (Lipinski definition) is 3. The number of aromatic nitrogens is 1. The Bertz CT molecular complexity index is 754. The first kappa shape index (κ1) is 15.4. The van der Waals surface area contributed by atoms with Crippen molar-refractivity contribution >= 4 is 29.1 Å². The minimum absolute atomic E-state index is 0.00272. The molecule has 0 radical (unpaired) electrons. The summed E-state index contributed by atoms with van der Waals surface area (Å²) >= 11 is 5.65. The van der Waals surface area contributed by atoms with E-state index >= 15 is 0 Å². The van der Waals surface area contributed by atoms with Gasteiger partial charge in [-0.1, -0.05) is 11.6 Å². The van der Waals surface area contributed by atoms with Gasteiger partial charge in [-0.25, -0.2) is 4.39 Å². The third-order valence-corrected chi connectivity index (χ3v) is 3.97. The van der Waals surface area contributed by atoms with Crippen molar-refractivity contribution in [2.45, 2.75) is 12.5 Å². The van der Waals surface area contributed by atoms with Crippen LogP contribution in [-0.2, 0) is 4.79 Å². The molecule has 118 valence electrons. The second-order valence-corrected chi connectivity index (χ2v) is 5.55. The molecule has 2 amide bonds. The van der Waals surface area contributed by atoms with Crippen molar-refractivity contribution in [3.8, 4) is 0 Å². The predicted octanol–water partition coefficient (Wildman–Crippen LogP) is 2.41. The molecule has 1 aromatic carbocycles. The number of halogens is 2. The first-order chi connectivity index (χ1) is 11.1. The number of carbonyl (C=O) groups is 2. The standard InChI is InChI=1S/C16H13ClFN3O2/c17-12-2-1-11(9-13(12)18)21-8-5-14(16(21)23)20-15(22)10-3-6-19-7-4-10/h1-4,6-7,9,14H,5,8H2,(H,20,22)/t14-/m0/s1. The van der Waals surface area contributed by atoms with Crippen LogP contribution in [0.15, 0.2) is 42.7 Å². The average molecular weight is 334 g/mol. The maximum atomic E-state index is 13.5. The molecule has 5 nitrogen and oxygen atoms in total. The normalized spacial score (nSPS) is 17.4. The zero-order valence-electron chi connectivity index (χ0n) is 12.0. The summed E-state index contributed by atoms with van der Waals surface area (Å²) in [6.07, 6.45) is 3.47. The van der Waals surface area contributed by atoms with Crippen molar-refractivity contribution in [1.29, 1.82) is 0 Å². The van der Waals surface area contributed by atoms with Gasteiger partial charge in [-0.15, -0.1) is 0 Å². The van der Waals surface area contributed by atoms with Crippen LogP contribution in [0.5, 0.6) is 0 Å². The number of nitrogens with one attached hydrogen (secondary N) is 1. The summed E-state index contributed by atoms with van der Waals surface area (Å²) in [6, 6.07) is 6.71. The summed E-state index contributed by atoms with van der Waals surface area (Å²) < 4.78 is 13.5. The fourth-order valence-electron chi connectivity index (χ4n) is 2.47. The van der Waals surface area contributed by atoms with Crippen LogP contribution in [0.4, 0.5) is 10.1 Å². The molecule has 0 aliphatic carbocycles. The van der Waals surface area contributed by atoms with Crippen LogP contribution in [0.2, 0.25) is 5.02 Å². The molecular formula is C16H13ClFN3O2. The molecule has 0 bridgehead atoms. The lowest BCUT2D eigenvalue weighted by atomic mass is 10.2. The lowest BCUT2D eigenvalue weighted by Gasteiger charge is -2.17. The van der Waals surface area contributed by atoms with Gasteiger partial charge >= 0.3 is 0 Å². The van der Waals surface area contributed by atoms with Gasteiger partial charge in [-0.3, -0.25) is 14.6 Å². The summed E-state index contributed by atoms with van der Waals surface area (Å²) in [4.78, 5) is 29.8. The molecule has 2 heterocycles. The van der Waals surface area contributed by atoms with Crippen LogP contribution in [0.1, 0.15) is 16.8 Å². The van der Waals surface area contributed by atoms with E-state index in [1.54, 1.807) is 18.2 Å². The van der Waals surface area contributed by atoms with Gasteiger partial charge in [0, 0.05) is 30.2 Å². The monoisotopic (exact) mass is 333 g/mol. The molecule has 0 saturated carbocycles. The highest BCUT2D eigenvalue weighted by Gasteiger charge is 2.34.